The third-order valence-electron chi connectivity index (χ3n) is 2.54. The summed E-state index contributed by atoms with van der Waals surface area (Å²) in [6.45, 7) is 0.676. The molecule has 2 aromatic rings. The van der Waals surface area contributed by atoms with E-state index in [1.54, 1.807) is 4.90 Å². The second-order valence-corrected chi connectivity index (χ2v) is 4.37. The van der Waals surface area contributed by atoms with Crippen molar-refractivity contribution in [1.29, 1.82) is 0 Å². The van der Waals surface area contributed by atoms with Gasteiger partial charge in [-0.15, -0.1) is 24.0 Å². The minimum Gasteiger partial charge on any atom is -0.486 e. The molecule has 21 heavy (non-hydrogen) atoms. The summed E-state index contributed by atoms with van der Waals surface area (Å²) in [6.07, 6.45) is 0. The summed E-state index contributed by atoms with van der Waals surface area (Å²) < 4.78 is 5.57. The third-order valence-corrected chi connectivity index (χ3v) is 2.54. The van der Waals surface area contributed by atoms with Crippen molar-refractivity contribution < 1.29 is 4.74 Å². The second-order valence-electron chi connectivity index (χ2n) is 4.37. The highest BCUT2D eigenvalue weighted by atomic mass is 127. The van der Waals surface area contributed by atoms with Gasteiger partial charge in [0.15, 0.2) is 17.6 Å². The Bertz CT molecular complexity index is 569. The van der Waals surface area contributed by atoms with E-state index < -0.39 is 0 Å². The van der Waals surface area contributed by atoms with Crippen molar-refractivity contribution in [3.05, 3.63) is 42.0 Å². The molecule has 0 spiro atoms. The van der Waals surface area contributed by atoms with E-state index in [-0.39, 0.29) is 24.0 Å². The number of benzene rings is 1. The smallest absolute Gasteiger partial charge is 0.191 e. The van der Waals surface area contributed by atoms with E-state index in [0.717, 1.165) is 5.75 Å². The summed E-state index contributed by atoms with van der Waals surface area (Å²) in [5.41, 5.74) is 5.69. The summed E-state index contributed by atoms with van der Waals surface area (Å²) >= 11 is 0. The molecule has 0 saturated heterocycles. The van der Waals surface area contributed by atoms with Crippen molar-refractivity contribution in [2.24, 2.45) is 10.7 Å². The van der Waals surface area contributed by atoms with E-state index in [1.807, 2.05) is 44.4 Å². The maximum atomic E-state index is 5.69. The number of hydrogen-bond acceptors (Lipinski definition) is 4. The highest BCUT2D eigenvalue weighted by Crippen LogP contribution is 2.09. The van der Waals surface area contributed by atoms with Crippen LogP contribution in [0.15, 0.2) is 35.3 Å². The molecule has 0 fully saturated rings. The molecule has 0 unspecified atom stereocenters. The number of nitrogens with two attached hydrogens (primary N) is 1. The molecule has 0 atom stereocenters. The molecule has 2 rings (SSSR count). The van der Waals surface area contributed by atoms with Crippen LogP contribution < -0.4 is 10.5 Å². The molecule has 0 saturated carbocycles. The number of para-hydroxylation sites is 1. The normalized spacial score (nSPS) is 10.9. The minimum atomic E-state index is 0. The van der Waals surface area contributed by atoms with Crippen molar-refractivity contribution in [2.75, 3.05) is 14.1 Å². The predicted molar refractivity (Wildman–Crippen MR) is 91.6 cm³/mol. The van der Waals surface area contributed by atoms with Crippen molar-refractivity contribution in [1.82, 2.24) is 20.1 Å². The van der Waals surface area contributed by atoms with Crippen LogP contribution in [0.2, 0.25) is 0 Å². The second kappa shape index (κ2) is 8.45. The van der Waals surface area contributed by atoms with Gasteiger partial charge in [0, 0.05) is 14.1 Å². The van der Waals surface area contributed by atoms with Gasteiger partial charge >= 0.3 is 0 Å². The Morgan fingerprint density at radius 1 is 1.33 bits per heavy atom. The van der Waals surface area contributed by atoms with E-state index in [9.17, 15) is 0 Å². The highest BCUT2D eigenvalue weighted by Gasteiger charge is 2.04. The first-order valence-corrected chi connectivity index (χ1v) is 6.20. The Morgan fingerprint density at radius 3 is 2.71 bits per heavy atom. The van der Waals surface area contributed by atoms with Crippen molar-refractivity contribution in [2.45, 2.75) is 13.2 Å². The minimum absolute atomic E-state index is 0. The van der Waals surface area contributed by atoms with Crippen LogP contribution >= 0.6 is 24.0 Å². The van der Waals surface area contributed by atoms with Crippen LogP contribution in [0.5, 0.6) is 5.75 Å². The Hall–Kier alpha value is -1.84. The Balaban J connectivity index is 0.00000220. The Morgan fingerprint density at radius 2 is 2.05 bits per heavy atom. The molecule has 0 aliphatic rings. The van der Waals surface area contributed by atoms with Crippen LogP contribution in [-0.4, -0.2) is 40.1 Å². The highest BCUT2D eigenvalue weighted by molar-refractivity contribution is 14.0. The molecule has 114 valence electrons. The first-order chi connectivity index (χ1) is 9.65. The topological polar surface area (TPSA) is 92.4 Å². The number of hydrogen-bond donors (Lipinski definition) is 2. The molecule has 0 bridgehead atoms. The summed E-state index contributed by atoms with van der Waals surface area (Å²) in [7, 11) is 3.66. The van der Waals surface area contributed by atoms with Crippen LogP contribution in [0, 0.1) is 0 Å². The standard InChI is InChI=1S/C13H18N6O.HI/c1-19(2)13(14)15-8-11-16-12(18-17-11)9-20-10-6-4-3-5-7-10;/h3-7H,8-9H2,1-2H3,(H2,14,15)(H,16,17,18);1H. The number of ether oxygens (including phenoxy) is 1. The predicted octanol–water partition coefficient (Wildman–Crippen LogP) is 1.38. The van der Waals surface area contributed by atoms with E-state index in [1.165, 1.54) is 0 Å². The summed E-state index contributed by atoms with van der Waals surface area (Å²) in [5, 5.41) is 6.88. The number of H-pyrrole nitrogens is 1. The van der Waals surface area contributed by atoms with Gasteiger partial charge in [-0.3, -0.25) is 5.10 Å². The zero-order valence-corrected chi connectivity index (χ0v) is 14.3. The monoisotopic (exact) mass is 402 g/mol. The Kier molecular flexibility index (Phi) is 6.92. The molecule has 0 amide bonds. The average Bonchev–Trinajstić information content (AvgIpc) is 2.91. The maximum absolute atomic E-state index is 5.69. The van der Waals surface area contributed by atoms with Gasteiger partial charge in [0.25, 0.3) is 0 Å². The van der Waals surface area contributed by atoms with Gasteiger partial charge in [-0.2, -0.15) is 5.10 Å². The molecular weight excluding hydrogens is 383 g/mol. The summed E-state index contributed by atoms with van der Waals surface area (Å²) in [6, 6.07) is 9.55. The molecule has 0 aliphatic carbocycles. The van der Waals surface area contributed by atoms with Crippen molar-refractivity contribution >= 4 is 29.9 Å². The quantitative estimate of drug-likeness (QED) is 0.448. The molecule has 8 heteroatoms. The molecule has 7 nitrogen and oxygen atoms in total. The number of aromatic nitrogens is 3. The number of aliphatic imine (C=N–C) groups is 1. The first-order valence-electron chi connectivity index (χ1n) is 6.20. The molecule has 1 aromatic heterocycles. The fraction of sp³-hybridized carbons (Fsp3) is 0.308. The number of rotatable bonds is 5. The third kappa shape index (κ3) is 5.58. The molecular formula is C13H19IN6O. The van der Waals surface area contributed by atoms with Crippen molar-refractivity contribution in [3.8, 4) is 5.75 Å². The van der Waals surface area contributed by atoms with Gasteiger partial charge in [0.2, 0.25) is 0 Å². The molecule has 0 aliphatic heterocycles. The fourth-order valence-corrected chi connectivity index (χ4v) is 1.43. The largest absolute Gasteiger partial charge is 0.486 e. The van der Waals surface area contributed by atoms with Gasteiger partial charge in [-0.05, 0) is 12.1 Å². The summed E-state index contributed by atoms with van der Waals surface area (Å²) in [4.78, 5) is 10.2. The molecule has 1 heterocycles. The lowest BCUT2D eigenvalue weighted by Gasteiger charge is -2.09. The van der Waals surface area contributed by atoms with Gasteiger partial charge in [0.05, 0.1) is 0 Å². The molecule has 3 N–H and O–H groups in total. The van der Waals surface area contributed by atoms with Gasteiger partial charge in [-0.25, -0.2) is 9.98 Å². The molecule has 1 aromatic carbocycles. The maximum Gasteiger partial charge on any atom is 0.191 e. The number of halogens is 1. The fourth-order valence-electron chi connectivity index (χ4n) is 1.43. The number of nitrogens with zero attached hydrogens (tertiary/aromatic N) is 4. The van der Waals surface area contributed by atoms with Crippen LogP contribution in [-0.2, 0) is 13.2 Å². The van der Waals surface area contributed by atoms with E-state index in [2.05, 4.69) is 20.2 Å². The van der Waals surface area contributed by atoms with E-state index in [4.69, 9.17) is 10.5 Å². The number of aromatic amines is 1. The lowest BCUT2D eigenvalue weighted by molar-refractivity contribution is 0.296. The summed E-state index contributed by atoms with van der Waals surface area (Å²) in [5.74, 6) is 2.47. The van der Waals surface area contributed by atoms with Crippen LogP contribution in [0.25, 0.3) is 0 Å². The SMILES string of the molecule is CN(C)C(N)=NCc1n[nH]c(COc2ccccc2)n1.I. The van der Waals surface area contributed by atoms with Crippen LogP contribution in [0.4, 0.5) is 0 Å². The number of guanidine groups is 1. The molecule has 0 radical (unpaired) electrons. The van der Waals surface area contributed by atoms with Crippen LogP contribution in [0.1, 0.15) is 11.6 Å². The lowest BCUT2D eigenvalue weighted by Crippen LogP contribution is -2.30. The number of nitrogens with one attached hydrogen (secondary N) is 1. The van der Waals surface area contributed by atoms with E-state index >= 15 is 0 Å². The Labute approximate surface area is 140 Å². The van der Waals surface area contributed by atoms with Crippen molar-refractivity contribution in [3.63, 3.8) is 0 Å². The van der Waals surface area contributed by atoms with Gasteiger partial charge in [-0.1, -0.05) is 18.2 Å². The zero-order chi connectivity index (χ0) is 14.4. The van der Waals surface area contributed by atoms with Gasteiger partial charge < -0.3 is 15.4 Å². The van der Waals surface area contributed by atoms with Crippen LogP contribution in [0.3, 0.4) is 0 Å². The lowest BCUT2D eigenvalue weighted by atomic mass is 10.3. The van der Waals surface area contributed by atoms with E-state index in [0.29, 0.717) is 30.8 Å². The van der Waals surface area contributed by atoms with Gasteiger partial charge in [0.1, 0.15) is 18.9 Å². The average molecular weight is 402 g/mol. The zero-order valence-electron chi connectivity index (χ0n) is 12.0. The first kappa shape index (κ1) is 17.2.